The van der Waals surface area contributed by atoms with Crippen LogP contribution in [-0.4, -0.2) is 29.7 Å². The van der Waals surface area contributed by atoms with Gasteiger partial charge < -0.3 is 9.64 Å². The molecule has 0 aliphatic carbocycles. The molecule has 0 saturated heterocycles. The Morgan fingerprint density at radius 1 is 1.23 bits per heavy atom. The summed E-state index contributed by atoms with van der Waals surface area (Å²) in [6, 6.07) is 7.62. The van der Waals surface area contributed by atoms with Crippen LogP contribution in [0, 0.1) is 6.57 Å². The lowest BCUT2D eigenvalue weighted by Gasteiger charge is -2.26. The average Bonchev–Trinajstić information content (AvgIpc) is 2.71. The van der Waals surface area contributed by atoms with Gasteiger partial charge in [-0.1, -0.05) is 30.3 Å². The fourth-order valence-electron chi connectivity index (χ4n) is 2.39. The van der Waals surface area contributed by atoms with E-state index in [4.69, 9.17) is 11.3 Å². The first-order valence-corrected chi connectivity index (χ1v) is 7.54. The minimum atomic E-state index is -0.463. The van der Waals surface area contributed by atoms with E-state index in [1.165, 1.54) is 5.57 Å². The number of carbonyl (C=O) groups is 1. The molecule has 0 aromatic heterocycles. The zero-order valence-corrected chi connectivity index (χ0v) is 13.4. The maximum absolute atomic E-state index is 12.1. The standard InChI is InChI=1S/C18H22N2O2/c1-18(2,3)22-17(21)20-12-5-6-14(11-13-20)15-7-9-16(19-4)10-8-15/h6-10H,5,11-13H2,1-3H3. The summed E-state index contributed by atoms with van der Waals surface area (Å²) in [4.78, 5) is 17.3. The average molecular weight is 298 g/mol. The Hall–Kier alpha value is -2.28. The van der Waals surface area contributed by atoms with E-state index in [2.05, 4.69) is 10.9 Å². The van der Waals surface area contributed by atoms with E-state index in [1.54, 1.807) is 4.90 Å². The van der Waals surface area contributed by atoms with Crippen LogP contribution in [0.25, 0.3) is 10.4 Å². The summed E-state index contributed by atoms with van der Waals surface area (Å²) in [6.07, 6.45) is 3.55. The third kappa shape index (κ3) is 4.36. The molecule has 1 aliphatic rings. The molecule has 0 bridgehead atoms. The molecule has 1 heterocycles. The highest BCUT2D eigenvalue weighted by atomic mass is 16.6. The molecule has 0 unspecified atom stereocenters. The number of benzene rings is 1. The van der Waals surface area contributed by atoms with E-state index in [-0.39, 0.29) is 6.09 Å². The fourth-order valence-corrected chi connectivity index (χ4v) is 2.39. The molecule has 1 aromatic rings. The van der Waals surface area contributed by atoms with Crippen LogP contribution in [-0.2, 0) is 4.74 Å². The summed E-state index contributed by atoms with van der Waals surface area (Å²) in [5.41, 5.74) is 2.53. The van der Waals surface area contributed by atoms with Crippen LogP contribution in [0.1, 0.15) is 39.2 Å². The van der Waals surface area contributed by atoms with Crippen LogP contribution in [0.3, 0.4) is 0 Å². The number of amides is 1. The molecule has 22 heavy (non-hydrogen) atoms. The third-order valence-electron chi connectivity index (χ3n) is 3.46. The summed E-state index contributed by atoms with van der Waals surface area (Å²) in [5.74, 6) is 0. The second kappa shape index (κ2) is 6.65. The zero-order chi connectivity index (χ0) is 16.2. The molecule has 4 nitrogen and oxygen atoms in total. The quantitative estimate of drug-likeness (QED) is 0.707. The second-order valence-corrected chi connectivity index (χ2v) is 6.39. The highest BCUT2D eigenvalue weighted by Crippen LogP contribution is 2.25. The Labute approximate surface area is 132 Å². The van der Waals surface area contributed by atoms with E-state index in [9.17, 15) is 4.79 Å². The summed E-state index contributed by atoms with van der Waals surface area (Å²) in [5, 5.41) is 0. The van der Waals surface area contributed by atoms with Crippen LogP contribution in [0.2, 0.25) is 0 Å². The van der Waals surface area contributed by atoms with Gasteiger partial charge in [0.1, 0.15) is 5.60 Å². The van der Waals surface area contributed by atoms with E-state index in [0.717, 1.165) is 18.4 Å². The number of carbonyl (C=O) groups excluding carboxylic acids is 1. The summed E-state index contributed by atoms with van der Waals surface area (Å²) >= 11 is 0. The smallest absolute Gasteiger partial charge is 0.410 e. The topological polar surface area (TPSA) is 33.9 Å². The number of hydrogen-bond donors (Lipinski definition) is 0. The Bertz CT molecular complexity index is 603. The lowest BCUT2D eigenvalue weighted by Crippen LogP contribution is -2.37. The zero-order valence-electron chi connectivity index (χ0n) is 13.4. The molecule has 0 fully saturated rings. The van der Waals surface area contributed by atoms with E-state index in [0.29, 0.717) is 18.8 Å². The molecule has 0 atom stereocenters. The first-order chi connectivity index (χ1) is 10.4. The maximum atomic E-state index is 12.1. The Morgan fingerprint density at radius 3 is 2.50 bits per heavy atom. The molecule has 0 spiro atoms. The van der Waals surface area contributed by atoms with Crippen LogP contribution in [0.4, 0.5) is 10.5 Å². The van der Waals surface area contributed by atoms with Gasteiger partial charge in [-0.05, 0) is 44.7 Å². The van der Waals surface area contributed by atoms with Crippen molar-refractivity contribution < 1.29 is 9.53 Å². The minimum Gasteiger partial charge on any atom is -0.444 e. The highest BCUT2D eigenvalue weighted by Gasteiger charge is 2.23. The highest BCUT2D eigenvalue weighted by molar-refractivity contribution is 5.71. The van der Waals surface area contributed by atoms with Gasteiger partial charge in [0.25, 0.3) is 0 Å². The predicted octanol–water partition coefficient (Wildman–Crippen LogP) is 4.65. The van der Waals surface area contributed by atoms with E-state index >= 15 is 0 Å². The van der Waals surface area contributed by atoms with Crippen LogP contribution >= 0.6 is 0 Å². The molecular formula is C18H22N2O2. The van der Waals surface area contributed by atoms with Gasteiger partial charge in [-0.15, -0.1) is 0 Å². The first-order valence-electron chi connectivity index (χ1n) is 7.54. The van der Waals surface area contributed by atoms with Crippen LogP contribution in [0.5, 0.6) is 0 Å². The van der Waals surface area contributed by atoms with Gasteiger partial charge in [-0.2, -0.15) is 0 Å². The van der Waals surface area contributed by atoms with Crippen molar-refractivity contribution in [2.24, 2.45) is 0 Å². The number of rotatable bonds is 1. The van der Waals surface area contributed by atoms with Crippen molar-refractivity contribution in [3.8, 4) is 0 Å². The Balaban J connectivity index is 2.01. The molecule has 1 aromatic carbocycles. The van der Waals surface area contributed by atoms with Gasteiger partial charge in [0.15, 0.2) is 5.69 Å². The normalized spacial score (nSPS) is 15.5. The summed E-state index contributed by atoms with van der Waals surface area (Å²) in [6.45, 7) is 14.0. The fraction of sp³-hybridized carbons (Fsp3) is 0.444. The Kier molecular flexibility index (Phi) is 4.87. The number of nitrogens with zero attached hydrogens (tertiary/aromatic N) is 2. The lowest BCUT2D eigenvalue weighted by molar-refractivity contribution is 0.0260. The second-order valence-electron chi connectivity index (χ2n) is 6.39. The first kappa shape index (κ1) is 16.1. The van der Waals surface area contributed by atoms with Crippen molar-refractivity contribution in [3.05, 3.63) is 47.3 Å². The van der Waals surface area contributed by atoms with Crippen LogP contribution in [0.15, 0.2) is 30.3 Å². The van der Waals surface area contributed by atoms with Crippen molar-refractivity contribution in [2.75, 3.05) is 13.1 Å². The Morgan fingerprint density at radius 2 is 1.91 bits per heavy atom. The largest absolute Gasteiger partial charge is 0.444 e. The number of hydrogen-bond acceptors (Lipinski definition) is 2. The molecule has 0 N–H and O–H groups in total. The maximum Gasteiger partial charge on any atom is 0.410 e. The summed E-state index contributed by atoms with van der Waals surface area (Å²) in [7, 11) is 0. The monoisotopic (exact) mass is 298 g/mol. The van der Waals surface area contributed by atoms with Gasteiger partial charge >= 0.3 is 6.09 Å². The third-order valence-corrected chi connectivity index (χ3v) is 3.46. The predicted molar refractivity (Wildman–Crippen MR) is 87.7 cm³/mol. The van der Waals surface area contributed by atoms with E-state index in [1.807, 2.05) is 45.0 Å². The molecule has 0 saturated carbocycles. The molecule has 2 rings (SSSR count). The van der Waals surface area contributed by atoms with E-state index < -0.39 is 5.60 Å². The van der Waals surface area contributed by atoms with Gasteiger partial charge in [-0.25, -0.2) is 9.64 Å². The van der Waals surface area contributed by atoms with Crippen molar-refractivity contribution in [3.63, 3.8) is 0 Å². The van der Waals surface area contributed by atoms with Crippen molar-refractivity contribution in [1.29, 1.82) is 0 Å². The van der Waals surface area contributed by atoms with Gasteiger partial charge in [0.05, 0.1) is 6.57 Å². The van der Waals surface area contributed by atoms with Gasteiger partial charge in [0, 0.05) is 13.1 Å². The minimum absolute atomic E-state index is 0.245. The molecule has 1 aliphatic heterocycles. The molecule has 1 amide bonds. The van der Waals surface area contributed by atoms with Crippen molar-refractivity contribution >= 4 is 17.4 Å². The van der Waals surface area contributed by atoms with Crippen molar-refractivity contribution in [1.82, 2.24) is 4.90 Å². The SMILES string of the molecule is [C-]#[N+]c1ccc(C2=CCCN(C(=O)OC(C)(C)C)CC2)cc1. The molecular weight excluding hydrogens is 276 g/mol. The lowest BCUT2D eigenvalue weighted by atomic mass is 10.0. The molecule has 0 radical (unpaired) electrons. The molecule has 116 valence electrons. The summed E-state index contributed by atoms with van der Waals surface area (Å²) < 4.78 is 5.43. The van der Waals surface area contributed by atoms with Crippen LogP contribution < -0.4 is 0 Å². The number of ether oxygens (including phenoxy) is 1. The van der Waals surface area contributed by atoms with Crippen molar-refractivity contribution in [2.45, 2.75) is 39.2 Å². The van der Waals surface area contributed by atoms with Gasteiger partial charge in [0.2, 0.25) is 0 Å². The van der Waals surface area contributed by atoms with Gasteiger partial charge in [-0.3, -0.25) is 0 Å². The molecule has 4 heteroatoms.